The van der Waals surface area contributed by atoms with Crippen molar-refractivity contribution in [3.05, 3.63) is 95.6 Å². The molecular weight excluding hydrogens is 428 g/mol. The van der Waals surface area contributed by atoms with Gasteiger partial charge in [-0.3, -0.25) is 25.2 Å². The Kier molecular flexibility index (Phi) is 6.61. The molecule has 0 unspecified atom stereocenters. The van der Waals surface area contributed by atoms with Crippen molar-refractivity contribution in [3.63, 3.8) is 0 Å². The van der Waals surface area contributed by atoms with E-state index < -0.39 is 33.5 Å². The van der Waals surface area contributed by atoms with Crippen LogP contribution in [0, 0.1) is 11.6 Å². The van der Waals surface area contributed by atoms with E-state index in [2.05, 4.69) is 15.6 Å². The third kappa shape index (κ3) is 5.86. The number of amides is 2. The minimum absolute atomic E-state index is 0.0431. The van der Waals surface area contributed by atoms with Crippen LogP contribution < -0.4 is 15.6 Å². The fourth-order valence-electron chi connectivity index (χ4n) is 2.58. The van der Waals surface area contributed by atoms with Gasteiger partial charge in [0, 0.05) is 5.56 Å². The fourth-order valence-corrected chi connectivity index (χ4v) is 3.70. The number of carbonyl (C=O) groups is 2. The van der Waals surface area contributed by atoms with Crippen LogP contribution in [0.3, 0.4) is 0 Å². The number of hydrazine groups is 1. The summed E-state index contributed by atoms with van der Waals surface area (Å²) in [6.07, 6.45) is -0.0957. The Morgan fingerprint density at radius 1 is 0.839 bits per heavy atom. The van der Waals surface area contributed by atoms with Crippen LogP contribution in [0.2, 0.25) is 0 Å². The number of anilines is 1. The summed E-state index contributed by atoms with van der Waals surface area (Å²) in [5.41, 5.74) is 4.65. The van der Waals surface area contributed by atoms with Crippen LogP contribution in [0.1, 0.15) is 15.9 Å². The van der Waals surface area contributed by atoms with Gasteiger partial charge in [-0.2, -0.15) is 0 Å². The predicted molar refractivity (Wildman–Crippen MR) is 109 cm³/mol. The van der Waals surface area contributed by atoms with Gasteiger partial charge in [0.05, 0.1) is 17.0 Å². The second kappa shape index (κ2) is 9.35. The van der Waals surface area contributed by atoms with E-state index in [0.29, 0.717) is 5.56 Å². The summed E-state index contributed by atoms with van der Waals surface area (Å²) in [4.78, 5) is 24.0. The Balaban J connectivity index is 1.65. The summed E-state index contributed by atoms with van der Waals surface area (Å²) in [6, 6.07) is 15.6. The lowest BCUT2D eigenvalue weighted by Gasteiger charge is -2.11. The molecule has 0 aromatic heterocycles. The van der Waals surface area contributed by atoms with Crippen LogP contribution in [0.4, 0.5) is 14.5 Å². The molecule has 0 saturated heterocycles. The average molecular weight is 445 g/mol. The maximum absolute atomic E-state index is 13.7. The summed E-state index contributed by atoms with van der Waals surface area (Å²) >= 11 is 0. The lowest BCUT2D eigenvalue weighted by Crippen LogP contribution is -2.42. The number of halogens is 2. The fraction of sp³-hybridized carbons (Fsp3) is 0.0476. The Labute approximate surface area is 177 Å². The molecule has 3 aromatic carbocycles. The van der Waals surface area contributed by atoms with Crippen LogP contribution in [0.15, 0.2) is 77.7 Å². The van der Waals surface area contributed by atoms with Gasteiger partial charge in [0.2, 0.25) is 5.91 Å². The Morgan fingerprint density at radius 2 is 1.55 bits per heavy atom. The molecule has 0 heterocycles. The van der Waals surface area contributed by atoms with Gasteiger partial charge < -0.3 is 0 Å². The summed E-state index contributed by atoms with van der Waals surface area (Å²) in [6.45, 7) is 0. The van der Waals surface area contributed by atoms with Gasteiger partial charge in [-0.15, -0.1) is 0 Å². The molecule has 0 saturated carbocycles. The molecule has 3 N–H and O–H groups in total. The van der Waals surface area contributed by atoms with Gasteiger partial charge in [0.15, 0.2) is 0 Å². The lowest BCUT2D eigenvalue weighted by atomic mass is 10.1. The second-order valence-electron chi connectivity index (χ2n) is 6.42. The van der Waals surface area contributed by atoms with Crippen molar-refractivity contribution in [3.8, 4) is 0 Å². The molecular formula is C21H17F2N3O4S. The van der Waals surface area contributed by atoms with Crippen LogP contribution in [-0.4, -0.2) is 20.2 Å². The maximum atomic E-state index is 13.7. The highest BCUT2D eigenvalue weighted by Gasteiger charge is 2.18. The highest BCUT2D eigenvalue weighted by atomic mass is 32.2. The lowest BCUT2D eigenvalue weighted by molar-refractivity contribution is -0.121. The maximum Gasteiger partial charge on any atom is 0.269 e. The molecule has 0 bridgehead atoms. The number of nitrogens with one attached hydrogen (secondary N) is 3. The largest absolute Gasteiger partial charge is 0.277 e. The van der Waals surface area contributed by atoms with Crippen molar-refractivity contribution in [1.82, 2.24) is 10.9 Å². The van der Waals surface area contributed by atoms with Gasteiger partial charge in [0.25, 0.3) is 15.9 Å². The van der Waals surface area contributed by atoms with E-state index in [1.807, 2.05) is 0 Å². The standard InChI is InChI=1S/C21H17F2N3O4S/c22-16-10-8-14(9-11-16)12-20(27)24-25-21(28)15-4-3-5-17(13-15)31(29,30)26-19-7-2-1-6-18(19)23/h1-11,13,26H,12H2,(H,24,27)(H,25,28). The van der Waals surface area contributed by atoms with Crippen molar-refractivity contribution < 1.29 is 26.8 Å². The average Bonchev–Trinajstić information content (AvgIpc) is 2.75. The topological polar surface area (TPSA) is 104 Å². The molecule has 2 amide bonds. The molecule has 0 atom stereocenters. The van der Waals surface area contributed by atoms with Gasteiger partial charge in [-0.25, -0.2) is 17.2 Å². The number of hydrogen-bond donors (Lipinski definition) is 3. The first-order valence-corrected chi connectivity index (χ1v) is 10.4. The highest BCUT2D eigenvalue weighted by molar-refractivity contribution is 7.92. The molecule has 7 nitrogen and oxygen atoms in total. The molecule has 0 fully saturated rings. The van der Waals surface area contributed by atoms with Gasteiger partial charge >= 0.3 is 0 Å². The molecule has 3 rings (SSSR count). The SMILES string of the molecule is O=C(Cc1ccc(F)cc1)NNC(=O)c1cccc(S(=O)(=O)Nc2ccccc2F)c1. The van der Waals surface area contributed by atoms with Crippen molar-refractivity contribution in [1.29, 1.82) is 0 Å². The van der Waals surface area contributed by atoms with Crippen molar-refractivity contribution in [2.75, 3.05) is 4.72 Å². The summed E-state index contributed by atoms with van der Waals surface area (Å²) in [7, 11) is -4.16. The van der Waals surface area contributed by atoms with Crippen LogP contribution >= 0.6 is 0 Å². The normalized spacial score (nSPS) is 10.9. The molecule has 10 heteroatoms. The van der Waals surface area contributed by atoms with E-state index in [0.717, 1.165) is 12.1 Å². The summed E-state index contributed by atoms with van der Waals surface area (Å²) < 4.78 is 53.8. The van der Waals surface area contributed by atoms with Crippen molar-refractivity contribution in [2.45, 2.75) is 11.3 Å². The molecule has 3 aromatic rings. The van der Waals surface area contributed by atoms with Crippen LogP contribution in [-0.2, 0) is 21.2 Å². The van der Waals surface area contributed by atoms with Gasteiger partial charge in [-0.05, 0) is 48.0 Å². The van der Waals surface area contributed by atoms with Crippen LogP contribution in [0.5, 0.6) is 0 Å². The van der Waals surface area contributed by atoms with E-state index in [-0.39, 0.29) is 22.6 Å². The molecule has 31 heavy (non-hydrogen) atoms. The molecule has 0 spiro atoms. The van der Waals surface area contributed by atoms with Crippen LogP contribution in [0.25, 0.3) is 0 Å². The predicted octanol–water partition coefficient (Wildman–Crippen LogP) is 2.77. The second-order valence-corrected chi connectivity index (χ2v) is 8.10. The number of rotatable bonds is 6. The van der Waals surface area contributed by atoms with E-state index in [9.17, 15) is 26.8 Å². The molecule has 160 valence electrons. The molecule has 0 radical (unpaired) electrons. The highest BCUT2D eigenvalue weighted by Crippen LogP contribution is 2.19. The Hall–Kier alpha value is -3.79. The van der Waals surface area contributed by atoms with Gasteiger partial charge in [0.1, 0.15) is 11.6 Å². The monoisotopic (exact) mass is 445 g/mol. The number of carbonyl (C=O) groups excluding carboxylic acids is 2. The minimum atomic E-state index is -4.16. The molecule has 0 aliphatic rings. The zero-order chi connectivity index (χ0) is 22.4. The van der Waals surface area contributed by atoms with Crippen molar-refractivity contribution >= 4 is 27.5 Å². The number of benzene rings is 3. The minimum Gasteiger partial charge on any atom is -0.277 e. The Bertz CT molecular complexity index is 1220. The van der Waals surface area contributed by atoms with Gasteiger partial charge in [-0.1, -0.05) is 30.3 Å². The quantitative estimate of drug-likeness (QED) is 0.508. The van der Waals surface area contributed by atoms with E-state index >= 15 is 0 Å². The first-order valence-electron chi connectivity index (χ1n) is 8.95. The third-order valence-corrected chi connectivity index (χ3v) is 5.48. The number of para-hydroxylation sites is 1. The van der Waals surface area contributed by atoms with E-state index in [4.69, 9.17) is 0 Å². The van der Waals surface area contributed by atoms with E-state index in [1.54, 1.807) is 0 Å². The molecule has 0 aliphatic heterocycles. The first kappa shape index (κ1) is 21.9. The smallest absolute Gasteiger partial charge is 0.269 e. The summed E-state index contributed by atoms with van der Waals surface area (Å²) in [5, 5.41) is 0. The summed E-state index contributed by atoms with van der Waals surface area (Å²) in [5.74, 6) is -2.49. The Morgan fingerprint density at radius 3 is 2.26 bits per heavy atom. The van der Waals surface area contributed by atoms with Crippen molar-refractivity contribution in [2.24, 2.45) is 0 Å². The number of hydrogen-bond acceptors (Lipinski definition) is 4. The zero-order valence-electron chi connectivity index (χ0n) is 15.9. The first-order chi connectivity index (χ1) is 14.7. The molecule has 0 aliphatic carbocycles. The van der Waals surface area contributed by atoms with E-state index in [1.165, 1.54) is 60.7 Å². The zero-order valence-corrected chi connectivity index (χ0v) is 16.7. The third-order valence-electron chi connectivity index (χ3n) is 4.12. The number of sulfonamides is 1.